The Morgan fingerprint density at radius 1 is 1.16 bits per heavy atom. The van der Waals surface area contributed by atoms with E-state index in [9.17, 15) is 9.59 Å². The van der Waals surface area contributed by atoms with E-state index >= 15 is 0 Å². The van der Waals surface area contributed by atoms with Crippen LogP contribution in [0.4, 0.5) is 0 Å². The number of pyridine rings is 1. The van der Waals surface area contributed by atoms with Gasteiger partial charge in [-0.2, -0.15) is 0 Å². The van der Waals surface area contributed by atoms with Crippen LogP contribution in [-0.2, 0) is 22.5 Å². The number of para-hydroxylation sites is 1. The highest BCUT2D eigenvalue weighted by atomic mass is 16.7. The van der Waals surface area contributed by atoms with Gasteiger partial charge in [0.05, 0.1) is 11.1 Å². The van der Waals surface area contributed by atoms with Crippen LogP contribution in [0.1, 0.15) is 41.0 Å². The van der Waals surface area contributed by atoms with Gasteiger partial charge in [-0.15, -0.1) is 0 Å². The first kappa shape index (κ1) is 20.7. The number of ether oxygens (including phenoxy) is 3. The molecule has 1 aliphatic rings. The number of carbonyl (C=O) groups excluding carboxylic acids is 2. The first-order valence-electron chi connectivity index (χ1n) is 10.2. The first-order valence-corrected chi connectivity index (χ1v) is 10.2. The minimum atomic E-state index is -0.946. The summed E-state index contributed by atoms with van der Waals surface area (Å²) in [4.78, 5) is 30.2. The molecule has 7 nitrogen and oxygen atoms in total. The van der Waals surface area contributed by atoms with Crippen molar-refractivity contribution >= 4 is 22.8 Å². The standard InChI is InChI=1S/C24H24N2O5/c1-4-18-14(2)22(17-7-5-6-8-19(17)26-18)24(28)31-15(3)23(27)25-12-16-9-10-20-21(11-16)30-13-29-20/h5-11,15H,4,12-13H2,1-3H3,(H,25,27)/t15-/m1/s1. The van der Waals surface area contributed by atoms with Crippen LogP contribution in [0.15, 0.2) is 42.5 Å². The lowest BCUT2D eigenvalue weighted by Gasteiger charge is -2.17. The number of rotatable bonds is 6. The highest BCUT2D eigenvalue weighted by Crippen LogP contribution is 2.32. The van der Waals surface area contributed by atoms with Gasteiger partial charge in [-0.25, -0.2) is 4.79 Å². The third-order valence-electron chi connectivity index (χ3n) is 5.33. The van der Waals surface area contributed by atoms with Gasteiger partial charge in [0, 0.05) is 17.6 Å². The van der Waals surface area contributed by atoms with Crippen LogP contribution in [0.3, 0.4) is 0 Å². The quantitative estimate of drug-likeness (QED) is 0.612. The van der Waals surface area contributed by atoms with E-state index in [0.29, 0.717) is 23.5 Å². The molecule has 1 aliphatic heterocycles. The number of fused-ring (bicyclic) bond motifs is 2. The third-order valence-corrected chi connectivity index (χ3v) is 5.33. The number of amides is 1. The lowest BCUT2D eigenvalue weighted by Crippen LogP contribution is -2.35. The van der Waals surface area contributed by atoms with E-state index in [4.69, 9.17) is 14.2 Å². The van der Waals surface area contributed by atoms with Crippen molar-refractivity contribution in [2.75, 3.05) is 6.79 Å². The fraction of sp³-hybridized carbons (Fsp3) is 0.292. The normalized spacial score (nSPS) is 13.1. The van der Waals surface area contributed by atoms with Crippen molar-refractivity contribution in [1.82, 2.24) is 10.3 Å². The van der Waals surface area contributed by atoms with Gasteiger partial charge in [0.25, 0.3) is 5.91 Å². The predicted molar refractivity (Wildman–Crippen MR) is 115 cm³/mol. The Morgan fingerprint density at radius 2 is 1.94 bits per heavy atom. The van der Waals surface area contributed by atoms with Crippen LogP contribution >= 0.6 is 0 Å². The summed E-state index contributed by atoms with van der Waals surface area (Å²) in [5.74, 6) is 0.427. The number of aryl methyl sites for hydroxylation is 1. The molecule has 160 valence electrons. The molecule has 0 saturated heterocycles. The number of hydrogen-bond acceptors (Lipinski definition) is 6. The maximum absolute atomic E-state index is 13.0. The van der Waals surface area contributed by atoms with Gasteiger partial charge < -0.3 is 19.5 Å². The van der Waals surface area contributed by atoms with Crippen LogP contribution in [0.5, 0.6) is 11.5 Å². The summed E-state index contributed by atoms with van der Waals surface area (Å²) in [5, 5.41) is 3.51. The summed E-state index contributed by atoms with van der Waals surface area (Å²) < 4.78 is 16.2. The maximum atomic E-state index is 13.0. The molecule has 31 heavy (non-hydrogen) atoms. The zero-order valence-corrected chi connectivity index (χ0v) is 17.7. The summed E-state index contributed by atoms with van der Waals surface area (Å²) in [6.07, 6.45) is -0.249. The first-order chi connectivity index (χ1) is 15.0. The molecule has 0 bridgehead atoms. The molecule has 7 heteroatoms. The van der Waals surface area contributed by atoms with Crippen LogP contribution in [0.2, 0.25) is 0 Å². The number of aromatic nitrogens is 1. The molecular weight excluding hydrogens is 396 g/mol. The highest BCUT2D eigenvalue weighted by molar-refractivity contribution is 6.05. The summed E-state index contributed by atoms with van der Waals surface area (Å²) in [5.41, 5.74) is 3.67. The number of nitrogens with one attached hydrogen (secondary N) is 1. The Kier molecular flexibility index (Phi) is 5.75. The smallest absolute Gasteiger partial charge is 0.339 e. The van der Waals surface area contributed by atoms with Crippen molar-refractivity contribution in [2.45, 2.75) is 39.8 Å². The van der Waals surface area contributed by atoms with Crippen LogP contribution in [0, 0.1) is 6.92 Å². The van der Waals surface area contributed by atoms with Crippen molar-refractivity contribution in [3.8, 4) is 11.5 Å². The Bertz CT molecular complexity index is 1160. The van der Waals surface area contributed by atoms with Crippen molar-refractivity contribution in [3.63, 3.8) is 0 Å². The third kappa shape index (κ3) is 4.17. The van der Waals surface area contributed by atoms with E-state index in [2.05, 4.69) is 10.3 Å². The molecule has 0 aliphatic carbocycles. The molecule has 2 aromatic carbocycles. The number of carbonyl (C=O) groups is 2. The zero-order valence-electron chi connectivity index (χ0n) is 17.7. The van der Waals surface area contributed by atoms with E-state index in [-0.39, 0.29) is 19.2 Å². The van der Waals surface area contributed by atoms with E-state index in [1.807, 2.05) is 50.2 Å². The fourth-order valence-electron chi connectivity index (χ4n) is 3.62. The molecule has 1 aromatic heterocycles. The van der Waals surface area contributed by atoms with Gasteiger partial charge in [0.15, 0.2) is 17.6 Å². The number of esters is 1. The Balaban J connectivity index is 1.46. The molecule has 0 saturated carbocycles. The minimum absolute atomic E-state index is 0.195. The van der Waals surface area contributed by atoms with Crippen molar-refractivity contribution in [3.05, 3.63) is 64.8 Å². The number of benzene rings is 2. The summed E-state index contributed by atoms with van der Waals surface area (Å²) in [6, 6.07) is 12.9. The molecule has 0 unspecified atom stereocenters. The molecule has 0 spiro atoms. The second-order valence-electron chi connectivity index (χ2n) is 7.38. The molecule has 0 radical (unpaired) electrons. The monoisotopic (exact) mass is 420 g/mol. The van der Waals surface area contributed by atoms with Gasteiger partial charge >= 0.3 is 5.97 Å². The Morgan fingerprint density at radius 3 is 2.74 bits per heavy atom. The topological polar surface area (TPSA) is 86.8 Å². The van der Waals surface area contributed by atoms with E-state index in [1.165, 1.54) is 0 Å². The predicted octanol–water partition coefficient (Wildman–Crippen LogP) is 3.70. The van der Waals surface area contributed by atoms with Gasteiger partial charge in [-0.1, -0.05) is 31.2 Å². The van der Waals surface area contributed by atoms with Crippen molar-refractivity contribution < 1.29 is 23.8 Å². The molecule has 2 heterocycles. The SMILES string of the molecule is CCc1nc2ccccc2c(C(=O)O[C@H](C)C(=O)NCc2ccc3c(c2)OCO3)c1C. The fourth-order valence-corrected chi connectivity index (χ4v) is 3.62. The average Bonchev–Trinajstić information content (AvgIpc) is 3.24. The zero-order chi connectivity index (χ0) is 22.0. The van der Waals surface area contributed by atoms with Gasteiger partial charge in [0.1, 0.15) is 0 Å². The molecule has 0 fully saturated rings. The molecule has 4 rings (SSSR count). The number of hydrogen-bond donors (Lipinski definition) is 1. The van der Waals surface area contributed by atoms with Crippen LogP contribution in [-0.4, -0.2) is 29.8 Å². The van der Waals surface area contributed by atoms with Gasteiger partial charge in [-0.3, -0.25) is 9.78 Å². The van der Waals surface area contributed by atoms with Crippen LogP contribution < -0.4 is 14.8 Å². The van der Waals surface area contributed by atoms with E-state index in [0.717, 1.165) is 27.7 Å². The largest absolute Gasteiger partial charge is 0.454 e. The van der Waals surface area contributed by atoms with Crippen LogP contribution in [0.25, 0.3) is 10.9 Å². The molecule has 1 amide bonds. The minimum Gasteiger partial charge on any atom is -0.454 e. The van der Waals surface area contributed by atoms with Gasteiger partial charge in [0.2, 0.25) is 6.79 Å². The molecule has 1 atom stereocenters. The van der Waals surface area contributed by atoms with Gasteiger partial charge in [-0.05, 0) is 49.6 Å². The highest BCUT2D eigenvalue weighted by Gasteiger charge is 2.23. The van der Waals surface area contributed by atoms with E-state index < -0.39 is 12.1 Å². The lowest BCUT2D eigenvalue weighted by atomic mass is 10.0. The summed E-state index contributed by atoms with van der Waals surface area (Å²) >= 11 is 0. The Hall–Kier alpha value is -3.61. The molecule has 3 aromatic rings. The van der Waals surface area contributed by atoms with Crippen molar-refractivity contribution in [1.29, 1.82) is 0 Å². The average molecular weight is 420 g/mol. The second kappa shape index (κ2) is 8.63. The lowest BCUT2D eigenvalue weighted by molar-refractivity contribution is -0.129. The maximum Gasteiger partial charge on any atom is 0.339 e. The molecular formula is C24H24N2O5. The number of nitrogens with zero attached hydrogens (tertiary/aromatic N) is 1. The Labute approximate surface area is 180 Å². The summed E-state index contributed by atoms with van der Waals surface area (Å²) in [6.45, 7) is 5.90. The van der Waals surface area contributed by atoms with Crippen molar-refractivity contribution in [2.24, 2.45) is 0 Å². The van der Waals surface area contributed by atoms with E-state index in [1.54, 1.807) is 13.0 Å². The molecule has 1 N–H and O–H groups in total. The second-order valence-corrected chi connectivity index (χ2v) is 7.38. The summed E-state index contributed by atoms with van der Waals surface area (Å²) in [7, 11) is 0.